The number of nitrogen functional groups attached to an aromatic ring is 1. The summed E-state index contributed by atoms with van der Waals surface area (Å²) in [5.41, 5.74) is 5.89. The number of hydrogen-bond acceptors (Lipinski definition) is 5. The molecule has 2 rings (SSSR count). The number of benzene rings is 1. The Bertz CT molecular complexity index is 526. The maximum atomic E-state index is 10.7. The van der Waals surface area contributed by atoms with Gasteiger partial charge in [-0.1, -0.05) is 0 Å². The van der Waals surface area contributed by atoms with E-state index in [4.69, 9.17) is 17.3 Å². The fourth-order valence-corrected chi connectivity index (χ4v) is 2.64. The van der Waals surface area contributed by atoms with Crippen molar-refractivity contribution in [2.45, 2.75) is 0 Å². The van der Waals surface area contributed by atoms with Crippen molar-refractivity contribution in [1.82, 2.24) is 7.96 Å². The van der Waals surface area contributed by atoms with Gasteiger partial charge in [0.15, 0.2) is 0 Å². The first-order valence-corrected chi connectivity index (χ1v) is 5.37. The Morgan fingerprint density at radius 2 is 2.14 bits per heavy atom. The fraction of sp³-hybridized carbons (Fsp3) is 0. The molecule has 0 unspecified atom stereocenters. The van der Waals surface area contributed by atoms with Crippen LogP contribution in [0.25, 0.3) is 11.0 Å². The van der Waals surface area contributed by atoms with E-state index in [1.54, 1.807) is 0 Å². The van der Waals surface area contributed by atoms with Crippen LogP contribution in [0.2, 0.25) is 5.02 Å². The molecule has 0 atom stereocenters. The van der Waals surface area contributed by atoms with Crippen molar-refractivity contribution in [3.05, 3.63) is 21.2 Å². The van der Waals surface area contributed by atoms with E-state index < -0.39 is 4.92 Å². The van der Waals surface area contributed by atoms with Gasteiger partial charge >= 0.3 is 88.8 Å². The van der Waals surface area contributed by atoms with Crippen LogP contribution in [-0.4, -0.2) is 27.8 Å². The molecule has 0 radical (unpaired) electrons. The molecule has 2 N–H and O–H groups in total. The molecule has 0 spiro atoms. The molecular formula is C6H3ClN4O2Se. The van der Waals surface area contributed by atoms with E-state index in [1.807, 2.05) is 0 Å². The van der Waals surface area contributed by atoms with E-state index >= 15 is 0 Å². The third-order valence-corrected chi connectivity index (χ3v) is 3.07. The van der Waals surface area contributed by atoms with E-state index in [0.717, 1.165) is 0 Å². The van der Waals surface area contributed by atoms with Gasteiger partial charge in [0, 0.05) is 0 Å². The van der Waals surface area contributed by atoms with Crippen LogP contribution >= 0.6 is 11.6 Å². The first-order chi connectivity index (χ1) is 6.61. The van der Waals surface area contributed by atoms with Gasteiger partial charge in [0.25, 0.3) is 0 Å². The van der Waals surface area contributed by atoms with Crippen LogP contribution in [0.5, 0.6) is 0 Å². The van der Waals surface area contributed by atoms with Gasteiger partial charge in [-0.3, -0.25) is 0 Å². The Morgan fingerprint density at radius 1 is 1.50 bits per heavy atom. The van der Waals surface area contributed by atoms with E-state index in [0.29, 0.717) is 10.5 Å². The number of nitrogens with zero attached hydrogens (tertiary/aromatic N) is 3. The van der Waals surface area contributed by atoms with E-state index in [1.165, 1.54) is 6.07 Å². The van der Waals surface area contributed by atoms with Crippen LogP contribution in [0, 0.1) is 10.1 Å². The van der Waals surface area contributed by atoms with Crippen LogP contribution in [0.1, 0.15) is 0 Å². The third kappa shape index (κ3) is 1.26. The number of nitro groups is 1. The first-order valence-electron chi connectivity index (χ1n) is 3.46. The summed E-state index contributed by atoms with van der Waals surface area (Å²) in [6.07, 6.45) is 0. The molecule has 0 aliphatic carbocycles. The zero-order valence-electron chi connectivity index (χ0n) is 6.60. The Hall–Kier alpha value is -1.17. The average Bonchev–Trinajstić information content (AvgIpc) is 2.51. The number of hydrogen-bond donors (Lipinski definition) is 1. The molecule has 8 heteroatoms. The molecule has 2 aromatic rings. The van der Waals surface area contributed by atoms with E-state index in [9.17, 15) is 10.1 Å². The molecule has 6 nitrogen and oxygen atoms in total. The minimum absolute atomic E-state index is 0.0235. The van der Waals surface area contributed by atoms with Gasteiger partial charge in [-0.25, -0.2) is 0 Å². The monoisotopic (exact) mass is 278 g/mol. The van der Waals surface area contributed by atoms with E-state index in [-0.39, 0.29) is 31.9 Å². The normalized spacial score (nSPS) is 10.6. The summed E-state index contributed by atoms with van der Waals surface area (Å²) in [5, 5.41) is 11.0. The summed E-state index contributed by atoms with van der Waals surface area (Å²) in [7, 11) is 0. The van der Waals surface area contributed by atoms with Gasteiger partial charge in [0.2, 0.25) is 0 Å². The molecule has 0 aliphatic heterocycles. The number of aromatic nitrogens is 2. The van der Waals surface area contributed by atoms with Gasteiger partial charge < -0.3 is 0 Å². The van der Waals surface area contributed by atoms with Crippen molar-refractivity contribution in [1.29, 1.82) is 0 Å². The van der Waals surface area contributed by atoms with Crippen LogP contribution in [0.4, 0.5) is 11.4 Å². The van der Waals surface area contributed by atoms with Crippen molar-refractivity contribution < 1.29 is 4.92 Å². The Balaban J connectivity index is 2.93. The quantitative estimate of drug-likeness (QED) is 0.360. The molecule has 0 aliphatic rings. The summed E-state index contributed by atoms with van der Waals surface area (Å²) >= 11 is 5.45. The number of fused-ring (bicyclic) bond motifs is 1. The van der Waals surface area contributed by atoms with Gasteiger partial charge in [-0.2, -0.15) is 0 Å². The molecule has 0 saturated carbocycles. The molecule has 14 heavy (non-hydrogen) atoms. The predicted molar refractivity (Wildman–Crippen MR) is 52.6 cm³/mol. The van der Waals surface area contributed by atoms with Crippen molar-refractivity contribution in [2.24, 2.45) is 0 Å². The second kappa shape index (κ2) is 3.20. The predicted octanol–water partition coefficient (Wildman–Crippen LogP) is 0.831. The number of halogens is 1. The topological polar surface area (TPSA) is 94.9 Å². The summed E-state index contributed by atoms with van der Waals surface area (Å²) in [4.78, 5) is 10.1. The van der Waals surface area contributed by atoms with Crippen molar-refractivity contribution in [3.63, 3.8) is 0 Å². The third-order valence-electron chi connectivity index (χ3n) is 1.68. The van der Waals surface area contributed by atoms with Crippen LogP contribution in [0.3, 0.4) is 0 Å². The molecular weight excluding hydrogens is 275 g/mol. The molecule has 72 valence electrons. The Labute approximate surface area is 89.0 Å². The van der Waals surface area contributed by atoms with Gasteiger partial charge in [-0.05, 0) is 0 Å². The zero-order valence-corrected chi connectivity index (χ0v) is 9.07. The number of rotatable bonds is 1. The van der Waals surface area contributed by atoms with Crippen LogP contribution in [-0.2, 0) is 0 Å². The molecule has 0 saturated heterocycles. The minimum atomic E-state index is -0.565. The number of nitrogens with two attached hydrogens (primary N) is 1. The van der Waals surface area contributed by atoms with Crippen LogP contribution in [0.15, 0.2) is 6.07 Å². The number of nitro benzene ring substituents is 1. The second-order valence-corrected chi connectivity index (χ2v) is 4.03. The molecule has 0 bridgehead atoms. The van der Waals surface area contributed by atoms with Crippen molar-refractivity contribution in [2.75, 3.05) is 5.73 Å². The second-order valence-electron chi connectivity index (χ2n) is 2.51. The van der Waals surface area contributed by atoms with Crippen LogP contribution < -0.4 is 5.73 Å². The summed E-state index contributed by atoms with van der Waals surface area (Å²) in [6, 6.07) is 1.33. The molecule has 0 amide bonds. The Morgan fingerprint density at radius 3 is 2.79 bits per heavy atom. The molecule has 1 aromatic carbocycles. The molecule has 1 aromatic heterocycles. The summed E-state index contributed by atoms with van der Waals surface area (Å²) in [5.74, 6) is 0. The standard InChI is InChI=1S/C6H3ClN4O2Se/c7-2-1-3(8)6(11(12)13)5-4(2)9-14-10-5/h1H,8H2. The zero-order chi connectivity index (χ0) is 10.3. The van der Waals surface area contributed by atoms with Crippen molar-refractivity contribution in [3.8, 4) is 0 Å². The summed E-state index contributed by atoms with van der Waals surface area (Å²) < 4.78 is 7.92. The summed E-state index contributed by atoms with van der Waals surface area (Å²) in [6.45, 7) is 0. The number of anilines is 1. The van der Waals surface area contributed by atoms with Crippen molar-refractivity contribution >= 4 is 49.0 Å². The Kier molecular flexibility index (Phi) is 2.14. The van der Waals surface area contributed by atoms with Gasteiger partial charge in [0.05, 0.1) is 0 Å². The molecule has 1 heterocycles. The molecule has 0 fully saturated rings. The SMILES string of the molecule is Nc1cc(Cl)c2n[se]nc2c1[N+](=O)[O-]. The average molecular weight is 278 g/mol. The van der Waals surface area contributed by atoms with Gasteiger partial charge in [0.1, 0.15) is 0 Å². The first kappa shape index (κ1) is 9.39. The maximum absolute atomic E-state index is 10.7. The fourth-order valence-electron chi connectivity index (χ4n) is 1.10. The van der Waals surface area contributed by atoms with E-state index in [2.05, 4.69) is 7.96 Å². The van der Waals surface area contributed by atoms with Gasteiger partial charge in [-0.15, -0.1) is 0 Å².